The average molecular weight is 452 g/mol. The highest BCUT2D eigenvalue weighted by atomic mass is 32.2. The molecule has 2 aromatic carbocycles. The summed E-state index contributed by atoms with van der Waals surface area (Å²) in [4.78, 5) is 22.6. The monoisotopic (exact) mass is 451 g/mol. The molecule has 0 saturated carbocycles. The van der Waals surface area contributed by atoms with Crippen molar-refractivity contribution in [2.24, 2.45) is 5.92 Å². The van der Waals surface area contributed by atoms with Crippen molar-refractivity contribution in [3.8, 4) is 0 Å². The Morgan fingerprint density at radius 2 is 1.80 bits per heavy atom. The Bertz CT molecular complexity index is 1060. The maximum atomic E-state index is 12.5. The van der Waals surface area contributed by atoms with E-state index in [2.05, 4.69) is 5.32 Å². The van der Waals surface area contributed by atoms with Gasteiger partial charge in [-0.05, 0) is 43.0 Å². The van der Waals surface area contributed by atoms with Crippen LogP contribution in [0.2, 0.25) is 0 Å². The molecule has 11 heteroatoms. The number of nitro groups is 1. The Hall–Kier alpha value is -2.79. The molecule has 0 unspecified atom stereocenters. The van der Waals surface area contributed by atoms with E-state index in [1.54, 1.807) is 18.2 Å². The molecular formula is C19H21N3O6S2. The van der Waals surface area contributed by atoms with Gasteiger partial charge in [0.1, 0.15) is 5.69 Å². The topological polar surface area (TPSA) is 135 Å². The van der Waals surface area contributed by atoms with Crippen LogP contribution in [0.15, 0.2) is 53.4 Å². The molecular weight excluding hydrogens is 430 g/mol. The Morgan fingerprint density at radius 3 is 2.43 bits per heavy atom. The van der Waals surface area contributed by atoms with Gasteiger partial charge in [0.15, 0.2) is 0 Å². The van der Waals surface area contributed by atoms with Gasteiger partial charge in [-0.15, -0.1) is 0 Å². The number of nitro benzene ring substituents is 1. The molecule has 1 aliphatic rings. The number of nitrogens with one attached hydrogen (secondary N) is 2. The van der Waals surface area contributed by atoms with Crippen LogP contribution >= 0.6 is 0 Å². The van der Waals surface area contributed by atoms with Crippen LogP contribution in [-0.4, -0.2) is 41.5 Å². The summed E-state index contributed by atoms with van der Waals surface area (Å²) >= 11 is 0. The molecule has 160 valence electrons. The van der Waals surface area contributed by atoms with E-state index in [9.17, 15) is 27.5 Å². The summed E-state index contributed by atoms with van der Waals surface area (Å²) in [6.45, 7) is 0.467. The first-order valence-electron chi connectivity index (χ1n) is 9.26. The lowest BCUT2D eigenvalue weighted by atomic mass is 10.0. The summed E-state index contributed by atoms with van der Waals surface area (Å²) < 4.78 is 38.4. The van der Waals surface area contributed by atoms with E-state index in [1.165, 1.54) is 24.3 Å². The molecule has 1 heterocycles. The minimum absolute atomic E-state index is 0.155. The molecule has 1 aliphatic heterocycles. The highest BCUT2D eigenvalue weighted by molar-refractivity contribution is 7.90. The van der Waals surface area contributed by atoms with Gasteiger partial charge in [0, 0.05) is 40.5 Å². The number of rotatable bonds is 7. The van der Waals surface area contributed by atoms with Crippen LogP contribution in [0.4, 0.5) is 11.4 Å². The number of benzene rings is 2. The fraction of sp³-hybridized carbons (Fsp3) is 0.316. The summed E-state index contributed by atoms with van der Waals surface area (Å²) in [5.74, 6) is 0.658. The van der Waals surface area contributed by atoms with E-state index in [1.807, 2.05) is 4.72 Å². The van der Waals surface area contributed by atoms with E-state index in [0.717, 1.165) is 18.9 Å². The van der Waals surface area contributed by atoms with Crippen LogP contribution in [0.5, 0.6) is 0 Å². The van der Waals surface area contributed by atoms with Gasteiger partial charge in [0.05, 0.1) is 9.82 Å². The fourth-order valence-electron chi connectivity index (χ4n) is 3.11. The summed E-state index contributed by atoms with van der Waals surface area (Å²) in [7, 11) is -5.08. The summed E-state index contributed by atoms with van der Waals surface area (Å²) in [6, 6.07) is 11.3. The Kier molecular flexibility index (Phi) is 6.83. The minimum atomic E-state index is -4.29. The van der Waals surface area contributed by atoms with Crippen LogP contribution in [-0.2, 0) is 20.8 Å². The molecule has 1 amide bonds. The second kappa shape index (κ2) is 9.35. The van der Waals surface area contributed by atoms with Crippen molar-refractivity contribution >= 4 is 38.1 Å². The lowest BCUT2D eigenvalue weighted by Gasteiger charge is -2.22. The standard InChI is InChI=1S/C19H21N3O6S2/c23-19(15-4-2-1-3-5-15)21-30(27,28)16-6-7-17(18(12-16)22(24)25)20-13-14-8-10-29(26)11-9-14/h1-7,12,14,20H,8-11,13H2,(H,21,23). The molecule has 1 fully saturated rings. The normalized spacial score (nSPS) is 19.1. The molecule has 0 bridgehead atoms. The van der Waals surface area contributed by atoms with Crippen molar-refractivity contribution in [3.63, 3.8) is 0 Å². The van der Waals surface area contributed by atoms with Gasteiger partial charge in [-0.1, -0.05) is 18.2 Å². The van der Waals surface area contributed by atoms with Crippen molar-refractivity contribution in [2.45, 2.75) is 17.7 Å². The zero-order valence-corrected chi connectivity index (χ0v) is 17.6. The van der Waals surface area contributed by atoms with Gasteiger partial charge in [0.2, 0.25) is 0 Å². The largest absolute Gasteiger partial charge is 0.379 e. The number of carbonyl (C=O) groups excluding carboxylic acids is 1. The molecule has 3 rings (SSSR count). The number of hydrogen-bond acceptors (Lipinski definition) is 7. The average Bonchev–Trinajstić information content (AvgIpc) is 2.73. The van der Waals surface area contributed by atoms with Gasteiger partial charge < -0.3 is 5.32 Å². The number of amides is 1. The molecule has 0 spiro atoms. The predicted octanol–water partition coefficient (Wildman–Crippen LogP) is 2.28. The SMILES string of the molecule is O=C(NS(=O)(=O)c1ccc(NCC2CCS(=O)CC2)c([N+](=O)[O-])c1)c1ccccc1. The summed E-state index contributed by atoms with van der Waals surface area (Å²) in [6.07, 6.45) is 1.54. The van der Waals surface area contributed by atoms with E-state index in [0.29, 0.717) is 18.1 Å². The van der Waals surface area contributed by atoms with E-state index in [-0.39, 0.29) is 22.1 Å². The number of sulfonamides is 1. The van der Waals surface area contributed by atoms with Crippen LogP contribution in [0.25, 0.3) is 0 Å². The Morgan fingerprint density at radius 1 is 1.13 bits per heavy atom. The fourth-order valence-corrected chi connectivity index (χ4v) is 5.50. The number of nitrogens with zero attached hydrogens (tertiary/aromatic N) is 1. The van der Waals surface area contributed by atoms with Gasteiger partial charge >= 0.3 is 0 Å². The van der Waals surface area contributed by atoms with Crippen LogP contribution in [0.3, 0.4) is 0 Å². The molecule has 30 heavy (non-hydrogen) atoms. The van der Waals surface area contributed by atoms with Crippen molar-refractivity contribution in [2.75, 3.05) is 23.4 Å². The lowest BCUT2D eigenvalue weighted by molar-refractivity contribution is -0.384. The molecule has 0 atom stereocenters. The Labute approximate surface area is 176 Å². The third kappa shape index (κ3) is 5.42. The predicted molar refractivity (Wildman–Crippen MR) is 113 cm³/mol. The zero-order valence-electron chi connectivity index (χ0n) is 15.9. The number of carbonyl (C=O) groups is 1. The van der Waals surface area contributed by atoms with Crippen molar-refractivity contribution in [1.82, 2.24) is 4.72 Å². The highest BCUT2D eigenvalue weighted by Gasteiger charge is 2.24. The molecule has 0 aromatic heterocycles. The number of hydrogen-bond donors (Lipinski definition) is 2. The molecule has 2 aromatic rings. The van der Waals surface area contributed by atoms with E-state index in [4.69, 9.17) is 0 Å². The highest BCUT2D eigenvalue weighted by Crippen LogP contribution is 2.28. The second-order valence-corrected chi connectivity index (χ2v) is 10.3. The minimum Gasteiger partial charge on any atom is -0.379 e. The first kappa shape index (κ1) is 21.9. The Balaban J connectivity index is 1.75. The first-order chi connectivity index (χ1) is 14.3. The molecule has 1 saturated heterocycles. The van der Waals surface area contributed by atoms with Gasteiger partial charge in [-0.25, -0.2) is 13.1 Å². The zero-order chi connectivity index (χ0) is 21.7. The van der Waals surface area contributed by atoms with E-state index >= 15 is 0 Å². The van der Waals surface area contributed by atoms with Crippen LogP contribution < -0.4 is 10.0 Å². The van der Waals surface area contributed by atoms with Crippen molar-refractivity contribution in [3.05, 3.63) is 64.2 Å². The molecule has 2 N–H and O–H groups in total. The first-order valence-corrected chi connectivity index (χ1v) is 12.2. The number of anilines is 1. The smallest absolute Gasteiger partial charge is 0.293 e. The third-order valence-electron chi connectivity index (χ3n) is 4.83. The van der Waals surface area contributed by atoms with Crippen molar-refractivity contribution in [1.29, 1.82) is 0 Å². The van der Waals surface area contributed by atoms with Gasteiger partial charge in [-0.3, -0.25) is 19.1 Å². The summed E-state index contributed by atoms with van der Waals surface area (Å²) in [5.41, 5.74) is -0.0493. The maximum Gasteiger partial charge on any atom is 0.293 e. The molecule has 0 aliphatic carbocycles. The van der Waals surface area contributed by atoms with Crippen LogP contribution in [0.1, 0.15) is 23.2 Å². The van der Waals surface area contributed by atoms with Crippen LogP contribution in [0, 0.1) is 16.0 Å². The quantitative estimate of drug-likeness (QED) is 0.487. The van der Waals surface area contributed by atoms with E-state index < -0.39 is 37.3 Å². The van der Waals surface area contributed by atoms with Gasteiger partial charge in [-0.2, -0.15) is 0 Å². The third-order valence-corrected chi connectivity index (χ3v) is 7.54. The summed E-state index contributed by atoms with van der Waals surface area (Å²) in [5, 5.41) is 14.5. The maximum absolute atomic E-state index is 12.5. The molecule has 9 nitrogen and oxygen atoms in total. The molecule has 0 radical (unpaired) electrons. The van der Waals surface area contributed by atoms with Crippen molar-refractivity contribution < 1.29 is 22.3 Å². The van der Waals surface area contributed by atoms with Gasteiger partial charge in [0.25, 0.3) is 21.6 Å². The second-order valence-electron chi connectivity index (χ2n) is 6.91. The lowest BCUT2D eigenvalue weighted by Crippen LogP contribution is -2.30.